The second-order valence-corrected chi connectivity index (χ2v) is 4.18. The number of carbonyl (C=O) groups is 2. The minimum absolute atomic E-state index is 0.0661. The van der Waals surface area contributed by atoms with Crippen molar-refractivity contribution in [3.63, 3.8) is 0 Å². The largest absolute Gasteiger partial charge is 0.494 e. The monoisotopic (exact) mass is 265 g/mol. The summed E-state index contributed by atoms with van der Waals surface area (Å²) in [7, 11) is 1.66. The Morgan fingerprint density at radius 2 is 2.11 bits per heavy atom. The maximum absolute atomic E-state index is 12.1. The van der Waals surface area contributed by atoms with Crippen LogP contribution in [0.1, 0.15) is 30.1 Å². The molecule has 0 saturated carbocycles. The Bertz CT molecular complexity index is 445. The number of hydrogen-bond donors (Lipinski definition) is 1. The van der Waals surface area contributed by atoms with Crippen molar-refractivity contribution >= 4 is 11.9 Å². The number of carboxylic acids is 1. The summed E-state index contributed by atoms with van der Waals surface area (Å²) in [5, 5.41) is 8.56. The molecule has 19 heavy (non-hydrogen) atoms. The lowest BCUT2D eigenvalue weighted by atomic mass is 10.2. The van der Waals surface area contributed by atoms with Gasteiger partial charge in [0.15, 0.2) is 0 Å². The van der Waals surface area contributed by atoms with Crippen molar-refractivity contribution in [2.75, 3.05) is 20.2 Å². The minimum atomic E-state index is -0.848. The normalized spacial score (nSPS) is 10.0. The number of amides is 1. The molecule has 0 fully saturated rings. The maximum Gasteiger partial charge on any atom is 0.303 e. The molecule has 104 valence electrons. The molecular weight excluding hydrogens is 246 g/mol. The molecule has 0 bridgehead atoms. The van der Waals surface area contributed by atoms with Crippen LogP contribution in [0.4, 0.5) is 0 Å². The molecule has 5 nitrogen and oxygen atoms in total. The molecule has 0 aliphatic carbocycles. The number of rotatable bonds is 7. The average Bonchev–Trinajstić information content (AvgIpc) is 2.38. The van der Waals surface area contributed by atoms with Crippen LogP contribution in [0.15, 0.2) is 24.3 Å². The predicted molar refractivity (Wildman–Crippen MR) is 71.4 cm³/mol. The molecule has 1 aromatic carbocycles. The van der Waals surface area contributed by atoms with E-state index in [2.05, 4.69) is 0 Å². The van der Waals surface area contributed by atoms with Crippen LogP contribution in [0.5, 0.6) is 5.75 Å². The summed E-state index contributed by atoms with van der Waals surface area (Å²) in [5.74, 6) is -0.321. The Morgan fingerprint density at radius 3 is 2.74 bits per heavy atom. The first-order chi connectivity index (χ1) is 9.04. The van der Waals surface area contributed by atoms with Crippen LogP contribution in [0.2, 0.25) is 0 Å². The van der Waals surface area contributed by atoms with Crippen molar-refractivity contribution in [3.05, 3.63) is 29.8 Å². The van der Waals surface area contributed by atoms with Gasteiger partial charge in [0.1, 0.15) is 5.75 Å². The Labute approximate surface area is 112 Å². The Kier molecular flexibility index (Phi) is 5.85. The van der Waals surface area contributed by atoms with Gasteiger partial charge in [-0.1, -0.05) is 6.07 Å². The number of benzene rings is 1. The predicted octanol–water partition coefficient (Wildman–Crippen LogP) is 2.02. The number of ether oxygens (including phenoxy) is 1. The van der Waals surface area contributed by atoms with E-state index in [0.29, 0.717) is 30.9 Å². The average molecular weight is 265 g/mol. The van der Waals surface area contributed by atoms with Gasteiger partial charge in [-0.2, -0.15) is 0 Å². The van der Waals surface area contributed by atoms with E-state index >= 15 is 0 Å². The lowest BCUT2D eigenvalue weighted by Gasteiger charge is -2.17. The lowest BCUT2D eigenvalue weighted by Crippen LogP contribution is -2.28. The van der Waals surface area contributed by atoms with Gasteiger partial charge in [0.05, 0.1) is 6.61 Å². The molecule has 5 heteroatoms. The van der Waals surface area contributed by atoms with E-state index in [1.54, 1.807) is 31.3 Å². The Balaban J connectivity index is 2.60. The fraction of sp³-hybridized carbons (Fsp3) is 0.429. The molecular formula is C14H19NO4. The molecule has 0 heterocycles. The van der Waals surface area contributed by atoms with Gasteiger partial charge in [0, 0.05) is 25.6 Å². The summed E-state index contributed by atoms with van der Waals surface area (Å²) in [6, 6.07) is 6.98. The highest BCUT2D eigenvalue weighted by molar-refractivity contribution is 5.94. The number of carboxylic acid groups (broad SMARTS) is 1. The molecule has 1 aromatic rings. The van der Waals surface area contributed by atoms with Crippen LogP contribution in [-0.4, -0.2) is 42.1 Å². The maximum atomic E-state index is 12.1. The standard InChI is InChI=1S/C14H19NO4/c1-3-19-12-7-4-6-11(10-12)14(18)15(2)9-5-8-13(16)17/h4,6-7,10H,3,5,8-9H2,1-2H3,(H,16,17). The first-order valence-corrected chi connectivity index (χ1v) is 6.24. The number of hydrogen-bond acceptors (Lipinski definition) is 3. The van der Waals surface area contributed by atoms with Gasteiger partial charge in [0.25, 0.3) is 5.91 Å². The van der Waals surface area contributed by atoms with Crippen molar-refractivity contribution < 1.29 is 19.4 Å². The van der Waals surface area contributed by atoms with Gasteiger partial charge in [0.2, 0.25) is 0 Å². The van der Waals surface area contributed by atoms with Gasteiger partial charge in [-0.15, -0.1) is 0 Å². The summed E-state index contributed by atoms with van der Waals surface area (Å²) in [4.78, 5) is 24.0. The van der Waals surface area contributed by atoms with E-state index in [0.717, 1.165) is 0 Å². The fourth-order valence-electron chi connectivity index (χ4n) is 1.67. The third kappa shape index (κ3) is 4.99. The van der Waals surface area contributed by atoms with Crippen LogP contribution in [0.25, 0.3) is 0 Å². The second kappa shape index (κ2) is 7.41. The number of nitrogens with zero attached hydrogens (tertiary/aromatic N) is 1. The highest BCUT2D eigenvalue weighted by Crippen LogP contribution is 2.14. The van der Waals surface area contributed by atoms with Gasteiger partial charge < -0.3 is 14.7 Å². The lowest BCUT2D eigenvalue weighted by molar-refractivity contribution is -0.137. The SMILES string of the molecule is CCOc1cccc(C(=O)N(C)CCCC(=O)O)c1. The van der Waals surface area contributed by atoms with Crippen LogP contribution in [0.3, 0.4) is 0 Å². The minimum Gasteiger partial charge on any atom is -0.494 e. The van der Waals surface area contributed by atoms with Crippen molar-refractivity contribution in [2.24, 2.45) is 0 Å². The Morgan fingerprint density at radius 1 is 1.37 bits per heavy atom. The van der Waals surface area contributed by atoms with Crippen molar-refractivity contribution in [1.29, 1.82) is 0 Å². The topological polar surface area (TPSA) is 66.8 Å². The summed E-state index contributed by atoms with van der Waals surface area (Å²) in [5.41, 5.74) is 0.545. The zero-order chi connectivity index (χ0) is 14.3. The van der Waals surface area contributed by atoms with Crippen molar-refractivity contribution in [2.45, 2.75) is 19.8 Å². The molecule has 0 radical (unpaired) electrons. The molecule has 0 spiro atoms. The smallest absolute Gasteiger partial charge is 0.303 e. The van der Waals surface area contributed by atoms with Gasteiger partial charge in [-0.05, 0) is 31.5 Å². The first kappa shape index (κ1) is 15.0. The molecule has 0 aliphatic rings. The molecule has 1 amide bonds. The van der Waals surface area contributed by atoms with E-state index in [9.17, 15) is 9.59 Å². The molecule has 1 N–H and O–H groups in total. The van der Waals surface area contributed by atoms with Gasteiger partial charge in [-0.25, -0.2) is 0 Å². The number of aliphatic carboxylic acids is 1. The second-order valence-electron chi connectivity index (χ2n) is 4.18. The first-order valence-electron chi connectivity index (χ1n) is 6.24. The van der Waals surface area contributed by atoms with Crippen molar-refractivity contribution in [3.8, 4) is 5.75 Å². The third-order valence-electron chi connectivity index (χ3n) is 2.62. The van der Waals surface area contributed by atoms with E-state index < -0.39 is 5.97 Å². The molecule has 0 aromatic heterocycles. The highest BCUT2D eigenvalue weighted by atomic mass is 16.5. The Hall–Kier alpha value is -2.04. The van der Waals surface area contributed by atoms with Gasteiger partial charge in [-0.3, -0.25) is 9.59 Å². The summed E-state index contributed by atoms with van der Waals surface area (Å²) >= 11 is 0. The zero-order valence-corrected chi connectivity index (χ0v) is 11.3. The van der Waals surface area contributed by atoms with E-state index in [1.165, 1.54) is 4.90 Å². The molecule has 0 unspecified atom stereocenters. The quantitative estimate of drug-likeness (QED) is 0.819. The molecule has 0 atom stereocenters. The van der Waals surface area contributed by atoms with Crippen LogP contribution < -0.4 is 4.74 Å². The summed E-state index contributed by atoms with van der Waals surface area (Å²) < 4.78 is 5.34. The molecule has 0 saturated heterocycles. The fourth-order valence-corrected chi connectivity index (χ4v) is 1.67. The van der Waals surface area contributed by atoms with Crippen LogP contribution >= 0.6 is 0 Å². The highest BCUT2D eigenvalue weighted by Gasteiger charge is 2.12. The molecule has 1 rings (SSSR count). The number of carbonyl (C=O) groups excluding carboxylic acids is 1. The summed E-state index contributed by atoms with van der Waals surface area (Å²) in [6.45, 7) is 2.85. The van der Waals surface area contributed by atoms with Gasteiger partial charge >= 0.3 is 5.97 Å². The molecule has 0 aliphatic heterocycles. The van der Waals surface area contributed by atoms with Crippen molar-refractivity contribution in [1.82, 2.24) is 4.90 Å². The summed E-state index contributed by atoms with van der Waals surface area (Å²) in [6.07, 6.45) is 0.513. The van der Waals surface area contributed by atoms with E-state index in [-0.39, 0.29) is 12.3 Å². The third-order valence-corrected chi connectivity index (χ3v) is 2.62. The van der Waals surface area contributed by atoms with Crippen LogP contribution in [0, 0.1) is 0 Å². The van der Waals surface area contributed by atoms with Crippen LogP contribution in [-0.2, 0) is 4.79 Å². The van der Waals surface area contributed by atoms with E-state index in [4.69, 9.17) is 9.84 Å². The zero-order valence-electron chi connectivity index (χ0n) is 11.3. The van der Waals surface area contributed by atoms with E-state index in [1.807, 2.05) is 6.92 Å².